The fraction of sp³-hybridized carbons (Fsp3) is 0.250. The van der Waals surface area contributed by atoms with Gasteiger partial charge in [0.05, 0.1) is 12.2 Å². The van der Waals surface area contributed by atoms with Gasteiger partial charge in [0.25, 0.3) is 5.91 Å². The molecular weight excluding hydrogens is 446 g/mol. The largest absolute Gasteiger partial charge is 0.456 e. The molecule has 166 valence electrons. The maximum Gasteiger partial charge on any atom is 0.289 e. The highest BCUT2D eigenvalue weighted by molar-refractivity contribution is 7.99. The van der Waals surface area contributed by atoms with Gasteiger partial charge in [0.1, 0.15) is 5.76 Å². The first kappa shape index (κ1) is 22.5. The number of piperazine rings is 1. The van der Waals surface area contributed by atoms with Crippen LogP contribution in [0.4, 0.5) is 5.69 Å². The molecule has 3 aromatic rings. The lowest BCUT2D eigenvalue weighted by atomic mass is 10.2. The standard InChI is InChI=1S/C24H24ClN3O3S/c1-17-6-11-21(31-17)24(30)28-14-12-27(13-15-28)16-23(29)26-20-4-2-3-5-22(20)32-19-9-7-18(25)8-10-19/h2-11H,12-16H2,1H3,(H,26,29). The fourth-order valence-corrected chi connectivity index (χ4v) is 4.52. The Labute approximate surface area is 196 Å². The van der Waals surface area contributed by atoms with Crippen molar-refractivity contribution in [2.24, 2.45) is 0 Å². The lowest BCUT2D eigenvalue weighted by Gasteiger charge is -2.33. The molecule has 1 fully saturated rings. The first-order valence-electron chi connectivity index (χ1n) is 10.4. The number of amides is 2. The van der Waals surface area contributed by atoms with Crippen molar-refractivity contribution in [1.82, 2.24) is 9.80 Å². The van der Waals surface area contributed by atoms with Gasteiger partial charge in [-0.15, -0.1) is 0 Å². The van der Waals surface area contributed by atoms with Crippen LogP contribution in [0.15, 0.2) is 74.9 Å². The van der Waals surface area contributed by atoms with Crippen LogP contribution in [0.5, 0.6) is 0 Å². The van der Waals surface area contributed by atoms with Crippen molar-refractivity contribution in [3.05, 3.63) is 77.2 Å². The zero-order chi connectivity index (χ0) is 22.5. The summed E-state index contributed by atoms with van der Waals surface area (Å²) in [7, 11) is 0. The smallest absolute Gasteiger partial charge is 0.289 e. The monoisotopic (exact) mass is 469 g/mol. The van der Waals surface area contributed by atoms with Crippen molar-refractivity contribution in [3.8, 4) is 0 Å². The molecule has 0 aliphatic carbocycles. The molecule has 2 heterocycles. The quantitative estimate of drug-likeness (QED) is 0.562. The van der Waals surface area contributed by atoms with Gasteiger partial charge < -0.3 is 14.6 Å². The first-order chi connectivity index (χ1) is 15.5. The molecule has 2 amide bonds. The number of benzene rings is 2. The molecule has 1 N–H and O–H groups in total. The summed E-state index contributed by atoms with van der Waals surface area (Å²) in [6, 6.07) is 18.8. The van der Waals surface area contributed by atoms with E-state index in [9.17, 15) is 9.59 Å². The van der Waals surface area contributed by atoms with E-state index in [-0.39, 0.29) is 18.4 Å². The molecule has 4 rings (SSSR count). The van der Waals surface area contributed by atoms with E-state index >= 15 is 0 Å². The van der Waals surface area contributed by atoms with Crippen LogP contribution in [0.2, 0.25) is 5.02 Å². The van der Waals surface area contributed by atoms with Gasteiger partial charge in [-0.25, -0.2) is 0 Å². The third kappa shape index (κ3) is 5.73. The van der Waals surface area contributed by atoms with E-state index < -0.39 is 0 Å². The predicted molar refractivity (Wildman–Crippen MR) is 126 cm³/mol. The summed E-state index contributed by atoms with van der Waals surface area (Å²) < 4.78 is 5.44. The van der Waals surface area contributed by atoms with Crippen molar-refractivity contribution in [2.45, 2.75) is 16.7 Å². The van der Waals surface area contributed by atoms with Crippen LogP contribution >= 0.6 is 23.4 Å². The Morgan fingerprint density at radius 1 is 1.00 bits per heavy atom. The molecule has 0 atom stereocenters. The molecular formula is C24H24ClN3O3S. The van der Waals surface area contributed by atoms with Gasteiger partial charge in [-0.05, 0) is 55.5 Å². The van der Waals surface area contributed by atoms with Crippen molar-refractivity contribution in [2.75, 3.05) is 38.0 Å². The van der Waals surface area contributed by atoms with Gasteiger partial charge in [0.2, 0.25) is 5.91 Å². The molecule has 0 unspecified atom stereocenters. The summed E-state index contributed by atoms with van der Waals surface area (Å²) in [5, 5.41) is 3.72. The van der Waals surface area contributed by atoms with E-state index in [2.05, 4.69) is 10.2 Å². The minimum atomic E-state index is -0.102. The number of furan rings is 1. The predicted octanol–water partition coefficient (Wildman–Crippen LogP) is 4.79. The van der Waals surface area contributed by atoms with Crippen LogP contribution in [0, 0.1) is 6.92 Å². The second-order valence-electron chi connectivity index (χ2n) is 7.58. The second-order valence-corrected chi connectivity index (χ2v) is 9.13. The minimum Gasteiger partial charge on any atom is -0.456 e. The number of anilines is 1. The van der Waals surface area contributed by atoms with E-state index in [1.165, 1.54) is 0 Å². The zero-order valence-electron chi connectivity index (χ0n) is 17.7. The molecule has 0 saturated carbocycles. The van der Waals surface area contributed by atoms with Gasteiger partial charge in [-0.2, -0.15) is 0 Å². The Kier molecular flexibility index (Phi) is 7.19. The average molecular weight is 470 g/mol. The number of halogens is 1. The van der Waals surface area contributed by atoms with Gasteiger partial charge in [0.15, 0.2) is 5.76 Å². The number of hydrogen-bond donors (Lipinski definition) is 1. The van der Waals surface area contributed by atoms with Gasteiger partial charge in [-0.3, -0.25) is 14.5 Å². The summed E-state index contributed by atoms with van der Waals surface area (Å²) in [5.41, 5.74) is 0.777. The van der Waals surface area contributed by atoms with Gasteiger partial charge in [0, 0.05) is 41.0 Å². The highest BCUT2D eigenvalue weighted by Crippen LogP contribution is 2.33. The van der Waals surface area contributed by atoms with Crippen LogP contribution in [0.25, 0.3) is 0 Å². The Morgan fingerprint density at radius 3 is 2.41 bits per heavy atom. The summed E-state index contributed by atoms with van der Waals surface area (Å²) in [4.78, 5) is 31.0. The SMILES string of the molecule is Cc1ccc(C(=O)N2CCN(CC(=O)Nc3ccccc3Sc3ccc(Cl)cc3)CC2)o1. The molecule has 32 heavy (non-hydrogen) atoms. The summed E-state index contributed by atoms with van der Waals surface area (Å²) in [6.45, 7) is 4.51. The van der Waals surface area contributed by atoms with Crippen LogP contribution < -0.4 is 5.32 Å². The number of carbonyl (C=O) groups excluding carboxylic acids is 2. The summed E-state index contributed by atoms with van der Waals surface area (Å²) >= 11 is 7.54. The van der Waals surface area contributed by atoms with Crippen LogP contribution in [0.3, 0.4) is 0 Å². The lowest BCUT2D eigenvalue weighted by Crippen LogP contribution is -2.50. The van der Waals surface area contributed by atoms with Crippen molar-refractivity contribution in [1.29, 1.82) is 0 Å². The molecule has 1 saturated heterocycles. The second kappa shape index (κ2) is 10.3. The van der Waals surface area contributed by atoms with E-state index in [4.69, 9.17) is 16.0 Å². The highest BCUT2D eigenvalue weighted by atomic mass is 35.5. The maximum absolute atomic E-state index is 12.7. The molecule has 2 aromatic carbocycles. The van der Waals surface area contributed by atoms with Crippen molar-refractivity contribution >= 4 is 40.9 Å². The number of para-hydroxylation sites is 1. The normalized spacial score (nSPS) is 14.4. The number of rotatable bonds is 6. The lowest BCUT2D eigenvalue weighted by molar-refractivity contribution is -0.117. The topological polar surface area (TPSA) is 65.8 Å². The molecule has 1 aliphatic heterocycles. The molecule has 1 aromatic heterocycles. The van der Waals surface area contributed by atoms with Gasteiger partial charge >= 0.3 is 0 Å². The number of nitrogens with zero attached hydrogens (tertiary/aromatic N) is 2. The minimum absolute atomic E-state index is 0.0735. The number of aryl methyl sites for hydroxylation is 1. The van der Waals surface area contributed by atoms with E-state index in [0.717, 1.165) is 21.2 Å². The molecule has 0 bridgehead atoms. The third-order valence-corrected chi connectivity index (χ3v) is 6.52. The Hall–Kier alpha value is -2.74. The Morgan fingerprint density at radius 2 is 1.72 bits per heavy atom. The number of carbonyl (C=O) groups is 2. The van der Waals surface area contributed by atoms with Crippen LogP contribution in [-0.2, 0) is 4.79 Å². The first-order valence-corrected chi connectivity index (χ1v) is 11.6. The zero-order valence-corrected chi connectivity index (χ0v) is 19.3. The number of hydrogen-bond acceptors (Lipinski definition) is 5. The molecule has 8 heteroatoms. The van der Waals surface area contributed by atoms with Crippen LogP contribution in [-0.4, -0.2) is 54.3 Å². The number of nitrogens with one attached hydrogen (secondary N) is 1. The Balaban J connectivity index is 1.30. The summed E-state index contributed by atoms with van der Waals surface area (Å²) in [6.07, 6.45) is 0. The summed E-state index contributed by atoms with van der Waals surface area (Å²) in [5.74, 6) is 0.910. The van der Waals surface area contributed by atoms with Crippen LogP contribution in [0.1, 0.15) is 16.3 Å². The molecule has 0 radical (unpaired) electrons. The molecule has 6 nitrogen and oxygen atoms in total. The molecule has 0 spiro atoms. The van der Waals surface area contributed by atoms with E-state index in [1.54, 1.807) is 28.8 Å². The van der Waals surface area contributed by atoms with Crippen molar-refractivity contribution < 1.29 is 14.0 Å². The molecule has 1 aliphatic rings. The third-order valence-electron chi connectivity index (χ3n) is 5.18. The van der Waals surface area contributed by atoms with Crippen molar-refractivity contribution in [3.63, 3.8) is 0 Å². The Bertz CT molecular complexity index is 1090. The van der Waals surface area contributed by atoms with E-state index in [1.807, 2.05) is 55.5 Å². The highest BCUT2D eigenvalue weighted by Gasteiger charge is 2.25. The van der Waals surface area contributed by atoms with E-state index in [0.29, 0.717) is 37.0 Å². The van der Waals surface area contributed by atoms with Gasteiger partial charge in [-0.1, -0.05) is 35.5 Å². The maximum atomic E-state index is 12.7. The fourth-order valence-electron chi connectivity index (χ4n) is 3.50. The average Bonchev–Trinajstić information content (AvgIpc) is 3.23.